The molecule has 0 saturated carbocycles. The Hall–Kier alpha value is -1.45. The highest BCUT2D eigenvalue weighted by atomic mass is 79.9. The summed E-state index contributed by atoms with van der Waals surface area (Å²) in [4.78, 5) is 7.14. The van der Waals surface area contributed by atoms with Crippen LogP contribution in [-0.2, 0) is 12.8 Å². The Bertz CT molecular complexity index is 704. The van der Waals surface area contributed by atoms with E-state index in [1.807, 2.05) is 0 Å². The van der Waals surface area contributed by atoms with Gasteiger partial charge in [-0.15, -0.1) is 0 Å². The number of likely N-dealkylation sites (N-methyl/N-ethyl adjacent to an activating group) is 1. The van der Waals surface area contributed by atoms with Gasteiger partial charge in [-0.2, -0.15) is 0 Å². The summed E-state index contributed by atoms with van der Waals surface area (Å²) in [5.74, 6) is 0. The maximum Gasteiger partial charge on any atom is 0.0725 e. The molecule has 3 heteroatoms. The lowest BCUT2D eigenvalue weighted by Crippen LogP contribution is -2.17. The number of rotatable bonds is 3. The Labute approximate surface area is 141 Å². The van der Waals surface area contributed by atoms with Gasteiger partial charge >= 0.3 is 0 Å². The van der Waals surface area contributed by atoms with Crippen molar-refractivity contribution < 1.29 is 0 Å². The molecule has 0 saturated heterocycles. The van der Waals surface area contributed by atoms with Crippen LogP contribution in [0.4, 0.5) is 0 Å². The monoisotopic (exact) mass is 356 g/mol. The number of hydrogen-bond donors (Lipinski definition) is 0. The molecule has 22 heavy (non-hydrogen) atoms. The molecule has 0 amide bonds. The second-order valence-electron chi connectivity index (χ2n) is 5.99. The largest absolute Gasteiger partial charge is 0.308 e. The van der Waals surface area contributed by atoms with Crippen molar-refractivity contribution in [2.45, 2.75) is 12.8 Å². The second-order valence-corrected chi connectivity index (χ2v) is 6.91. The zero-order valence-corrected chi connectivity index (χ0v) is 14.7. The zero-order chi connectivity index (χ0) is 15.5. The summed E-state index contributed by atoms with van der Waals surface area (Å²) in [5, 5.41) is 0. The minimum atomic E-state index is 0.822. The van der Waals surface area contributed by atoms with Gasteiger partial charge in [-0.3, -0.25) is 4.99 Å². The van der Waals surface area contributed by atoms with Crippen LogP contribution < -0.4 is 0 Å². The highest BCUT2D eigenvalue weighted by Crippen LogP contribution is 2.27. The number of benzene rings is 2. The predicted octanol–water partition coefficient (Wildman–Crippen LogP) is 3.95. The molecule has 114 valence electrons. The third-order valence-corrected chi connectivity index (χ3v) is 4.57. The van der Waals surface area contributed by atoms with Crippen LogP contribution in [0.15, 0.2) is 51.9 Å². The summed E-state index contributed by atoms with van der Waals surface area (Å²) in [7, 11) is 4.18. The fourth-order valence-corrected chi connectivity index (χ4v) is 3.26. The van der Waals surface area contributed by atoms with E-state index in [9.17, 15) is 0 Å². The maximum atomic E-state index is 4.96. The lowest BCUT2D eigenvalue weighted by atomic mass is 9.98. The highest BCUT2D eigenvalue weighted by Gasteiger charge is 2.19. The molecule has 2 aromatic rings. The standard InChI is InChI=1S/C19H21BrN2/c1-22(2)12-11-21-19-17-6-4-3-5-14(17)7-8-15-9-10-16(20)13-18(15)19/h3-6,9-10,13H,7-8,11-12H2,1-2H3. The van der Waals surface area contributed by atoms with E-state index >= 15 is 0 Å². The van der Waals surface area contributed by atoms with Gasteiger partial charge in [0.15, 0.2) is 0 Å². The summed E-state index contributed by atoms with van der Waals surface area (Å²) in [6.07, 6.45) is 2.16. The van der Waals surface area contributed by atoms with Crippen molar-refractivity contribution in [2.24, 2.45) is 4.99 Å². The van der Waals surface area contributed by atoms with Crippen molar-refractivity contribution in [3.05, 3.63) is 69.2 Å². The third kappa shape index (κ3) is 3.31. The van der Waals surface area contributed by atoms with Crippen LogP contribution in [0.5, 0.6) is 0 Å². The fraction of sp³-hybridized carbons (Fsp3) is 0.316. The first-order valence-electron chi connectivity index (χ1n) is 7.71. The first kappa shape index (κ1) is 15.4. The molecule has 0 atom stereocenters. The normalized spacial score (nSPS) is 15.5. The molecule has 0 radical (unpaired) electrons. The number of fused-ring (bicyclic) bond motifs is 2. The molecular formula is C19H21BrN2. The number of halogens is 1. The maximum absolute atomic E-state index is 4.96. The molecular weight excluding hydrogens is 336 g/mol. The highest BCUT2D eigenvalue weighted by molar-refractivity contribution is 9.10. The van der Waals surface area contributed by atoms with E-state index in [4.69, 9.17) is 4.99 Å². The van der Waals surface area contributed by atoms with Crippen molar-refractivity contribution in [3.63, 3.8) is 0 Å². The van der Waals surface area contributed by atoms with E-state index < -0.39 is 0 Å². The molecule has 1 aliphatic rings. The second kappa shape index (κ2) is 6.76. The Balaban J connectivity index is 2.10. The molecule has 0 aromatic heterocycles. The van der Waals surface area contributed by atoms with Crippen molar-refractivity contribution >= 4 is 21.6 Å². The molecule has 0 N–H and O–H groups in total. The van der Waals surface area contributed by atoms with Gasteiger partial charge < -0.3 is 4.90 Å². The van der Waals surface area contributed by atoms with Crippen molar-refractivity contribution in [3.8, 4) is 0 Å². The summed E-state index contributed by atoms with van der Waals surface area (Å²) in [6, 6.07) is 15.3. The van der Waals surface area contributed by atoms with Gasteiger partial charge in [0.1, 0.15) is 0 Å². The van der Waals surface area contributed by atoms with Gasteiger partial charge in [-0.1, -0.05) is 46.3 Å². The third-order valence-electron chi connectivity index (χ3n) is 4.08. The van der Waals surface area contributed by atoms with Crippen LogP contribution in [0.3, 0.4) is 0 Å². The molecule has 1 aliphatic carbocycles. The molecule has 0 bridgehead atoms. The number of aryl methyl sites for hydroxylation is 2. The van der Waals surface area contributed by atoms with Crippen molar-refractivity contribution in [2.75, 3.05) is 27.2 Å². The quantitative estimate of drug-likeness (QED) is 0.812. The van der Waals surface area contributed by atoms with E-state index in [0.717, 1.165) is 36.1 Å². The van der Waals surface area contributed by atoms with Gasteiger partial charge in [0, 0.05) is 22.1 Å². The summed E-state index contributed by atoms with van der Waals surface area (Å²) in [5.41, 5.74) is 6.50. The predicted molar refractivity (Wildman–Crippen MR) is 97.1 cm³/mol. The van der Waals surface area contributed by atoms with Crippen molar-refractivity contribution in [1.29, 1.82) is 0 Å². The first-order valence-corrected chi connectivity index (χ1v) is 8.50. The van der Waals surface area contributed by atoms with Crippen LogP contribution in [0.25, 0.3) is 0 Å². The molecule has 2 nitrogen and oxygen atoms in total. The number of hydrogen-bond acceptors (Lipinski definition) is 2. The number of aliphatic imine (C=N–C) groups is 1. The van der Waals surface area contributed by atoms with E-state index in [0.29, 0.717) is 0 Å². The number of nitrogens with zero attached hydrogens (tertiary/aromatic N) is 2. The first-order chi connectivity index (χ1) is 10.6. The fourth-order valence-electron chi connectivity index (χ4n) is 2.90. The van der Waals surface area contributed by atoms with Gasteiger partial charge in [0.2, 0.25) is 0 Å². The molecule has 0 spiro atoms. The Morgan fingerprint density at radius 2 is 1.73 bits per heavy atom. The molecule has 2 aromatic carbocycles. The lowest BCUT2D eigenvalue weighted by Gasteiger charge is -2.13. The van der Waals surface area contributed by atoms with E-state index in [-0.39, 0.29) is 0 Å². The van der Waals surface area contributed by atoms with Gasteiger partial charge in [0.25, 0.3) is 0 Å². The van der Waals surface area contributed by atoms with Crippen molar-refractivity contribution in [1.82, 2.24) is 4.90 Å². The van der Waals surface area contributed by atoms with Gasteiger partial charge in [-0.05, 0) is 50.2 Å². The average molecular weight is 357 g/mol. The minimum absolute atomic E-state index is 0.822. The molecule has 0 aliphatic heterocycles. The lowest BCUT2D eigenvalue weighted by molar-refractivity contribution is 0.420. The minimum Gasteiger partial charge on any atom is -0.308 e. The summed E-state index contributed by atoms with van der Waals surface area (Å²) < 4.78 is 1.12. The van der Waals surface area contributed by atoms with Crippen LogP contribution in [-0.4, -0.2) is 37.8 Å². The van der Waals surface area contributed by atoms with E-state index in [2.05, 4.69) is 77.4 Å². The zero-order valence-electron chi connectivity index (χ0n) is 13.1. The van der Waals surface area contributed by atoms with Gasteiger partial charge in [0.05, 0.1) is 12.3 Å². The Kier molecular flexibility index (Phi) is 4.74. The Morgan fingerprint density at radius 3 is 2.50 bits per heavy atom. The topological polar surface area (TPSA) is 15.6 Å². The van der Waals surface area contributed by atoms with Crippen LogP contribution >= 0.6 is 15.9 Å². The molecule has 0 unspecified atom stereocenters. The molecule has 3 rings (SSSR count). The SMILES string of the molecule is CN(C)CCN=C1c2ccccc2CCc2ccc(Br)cc21. The van der Waals surface area contributed by atoms with Crippen LogP contribution in [0.2, 0.25) is 0 Å². The molecule has 0 fully saturated rings. The smallest absolute Gasteiger partial charge is 0.0725 e. The van der Waals surface area contributed by atoms with Gasteiger partial charge in [-0.25, -0.2) is 0 Å². The van der Waals surface area contributed by atoms with E-state index in [1.165, 1.54) is 22.3 Å². The molecule has 0 heterocycles. The Morgan fingerprint density at radius 1 is 1.00 bits per heavy atom. The van der Waals surface area contributed by atoms with E-state index in [1.54, 1.807) is 0 Å². The summed E-state index contributed by atoms with van der Waals surface area (Å²) in [6.45, 7) is 1.79. The summed E-state index contributed by atoms with van der Waals surface area (Å²) >= 11 is 3.61. The average Bonchev–Trinajstić information content (AvgIpc) is 2.65. The van der Waals surface area contributed by atoms with Crippen LogP contribution in [0, 0.1) is 0 Å². The van der Waals surface area contributed by atoms with Crippen LogP contribution in [0.1, 0.15) is 22.3 Å².